The summed E-state index contributed by atoms with van der Waals surface area (Å²) in [6.45, 7) is 1.03. The number of pyridine rings is 1. The van der Waals surface area contributed by atoms with Crippen molar-refractivity contribution in [2.45, 2.75) is 37.9 Å². The van der Waals surface area contributed by atoms with Gasteiger partial charge in [-0.25, -0.2) is 4.98 Å². The van der Waals surface area contributed by atoms with Gasteiger partial charge in [-0.15, -0.1) is 0 Å². The highest BCUT2D eigenvalue weighted by molar-refractivity contribution is 5.68. The van der Waals surface area contributed by atoms with E-state index in [2.05, 4.69) is 52.4 Å². The predicted octanol–water partition coefficient (Wildman–Crippen LogP) is 3.77. The Kier molecular flexibility index (Phi) is 3.69. The highest BCUT2D eigenvalue weighted by Gasteiger charge is 2.36. The molecule has 1 aromatic carbocycles. The van der Waals surface area contributed by atoms with Crippen LogP contribution in [0.2, 0.25) is 0 Å². The van der Waals surface area contributed by atoms with E-state index in [-0.39, 0.29) is 0 Å². The van der Waals surface area contributed by atoms with Crippen LogP contribution in [0, 0.1) is 11.3 Å². The Bertz CT molecular complexity index is 773. The third-order valence-electron chi connectivity index (χ3n) is 4.99. The van der Waals surface area contributed by atoms with Crippen LogP contribution in [0.4, 0.5) is 0 Å². The molecule has 23 heavy (non-hydrogen) atoms. The van der Waals surface area contributed by atoms with Crippen LogP contribution >= 0.6 is 0 Å². The number of rotatable bonds is 3. The summed E-state index contributed by atoms with van der Waals surface area (Å²) in [4.78, 5) is 6.71. The molecule has 2 atom stereocenters. The van der Waals surface area contributed by atoms with Gasteiger partial charge in [0.2, 0.25) is 0 Å². The molecule has 0 N–H and O–H groups in total. The minimum Gasteiger partial charge on any atom is -0.289 e. The van der Waals surface area contributed by atoms with E-state index in [1.807, 2.05) is 12.1 Å². The molecule has 3 heteroatoms. The smallest absolute Gasteiger partial charge is 0.141 e. The molecule has 2 aromatic rings. The van der Waals surface area contributed by atoms with Crippen LogP contribution in [0.15, 0.2) is 54.7 Å². The molecule has 114 valence electrons. The molecule has 0 radical (unpaired) electrons. The normalized spacial score (nSPS) is 23.3. The quantitative estimate of drug-likeness (QED) is 0.866. The second-order valence-electron chi connectivity index (χ2n) is 6.39. The van der Waals surface area contributed by atoms with Gasteiger partial charge in [0, 0.05) is 24.8 Å². The topological polar surface area (TPSA) is 39.9 Å². The summed E-state index contributed by atoms with van der Waals surface area (Å²) in [5.41, 5.74) is 4.42. The lowest BCUT2D eigenvalue weighted by Gasteiger charge is -2.34. The summed E-state index contributed by atoms with van der Waals surface area (Å²) in [7, 11) is 0. The van der Waals surface area contributed by atoms with Gasteiger partial charge in [0.15, 0.2) is 0 Å². The highest BCUT2D eigenvalue weighted by atomic mass is 15.2. The maximum atomic E-state index is 9.04. The van der Waals surface area contributed by atoms with Gasteiger partial charge in [-0.1, -0.05) is 36.4 Å². The Labute approximate surface area is 136 Å². The predicted molar refractivity (Wildman–Crippen MR) is 90.3 cm³/mol. The summed E-state index contributed by atoms with van der Waals surface area (Å²) in [5, 5.41) is 9.04. The zero-order chi connectivity index (χ0) is 15.6. The van der Waals surface area contributed by atoms with E-state index in [0.717, 1.165) is 18.5 Å². The molecule has 4 rings (SSSR count). The molecular weight excluding hydrogens is 282 g/mol. The number of nitrogens with zero attached hydrogens (tertiary/aromatic N) is 3. The van der Waals surface area contributed by atoms with E-state index in [4.69, 9.17) is 5.26 Å². The lowest BCUT2D eigenvalue weighted by molar-refractivity contribution is 0.203. The first kappa shape index (κ1) is 14.2. The fraction of sp³-hybridized carbons (Fsp3) is 0.300. The summed E-state index contributed by atoms with van der Waals surface area (Å²) >= 11 is 0. The van der Waals surface area contributed by atoms with Gasteiger partial charge >= 0.3 is 0 Å². The van der Waals surface area contributed by atoms with Gasteiger partial charge < -0.3 is 0 Å². The zero-order valence-corrected chi connectivity index (χ0v) is 13.0. The molecule has 0 saturated carbocycles. The average Bonchev–Trinajstić information content (AvgIpc) is 2.84. The van der Waals surface area contributed by atoms with Gasteiger partial charge in [0.05, 0.1) is 0 Å². The number of benzene rings is 1. The van der Waals surface area contributed by atoms with Crippen molar-refractivity contribution >= 4 is 5.57 Å². The van der Waals surface area contributed by atoms with E-state index < -0.39 is 0 Å². The van der Waals surface area contributed by atoms with E-state index in [9.17, 15) is 0 Å². The molecule has 0 amide bonds. The SMILES string of the molecule is N#Cc1cc(C2=CC3CCC(C2)N3Cc2ccccc2)ccn1. The van der Waals surface area contributed by atoms with Crippen molar-refractivity contribution < 1.29 is 0 Å². The molecule has 1 fully saturated rings. The van der Waals surface area contributed by atoms with Crippen LogP contribution in [-0.4, -0.2) is 22.0 Å². The molecule has 3 heterocycles. The lowest BCUT2D eigenvalue weighted by atomic mass is 9.94. The minimum atomic E-state index is 0.502. The maximum Gasteiger partial charge on any atom is 0.141 e. The van der Waals surface area contributed by atoms with Crippen molar-refractivity contribution in [2.75, 3.05) is 0 Å². The summed E-state index contributed by atoms with van der Waals surface area (Å²) in [6.07, 6.45) is 7.71. The summed E-state index contributed by atoms with van der Waals surface area (Å²) < 4.78 is 0. The van der Waals surface area contributed by atoms with Gasteiger partial charge in [0.1, 0.15) is 11.8 Å². The number of fused-ring (bicyclic) bond motifs is 2. The Morgan fingerprint density at radius 3 is 2.83 bits per heavy atom. The molecule has 2 unspecified atom stereocenters. The Balaban J connectivity index is 1.58. The highest BCUT2D eigenvalue weighted by Crippen LogP contribution is 2.39. The molecule has 0 aliphatic carbocycles. The van der Waals surface area contributed by atoms with Crippen molar-refractivity contribution in [3.05, 3.63) is 71.6 Å². The Hall–Kier alpha value is -2.44. The minimum absolute atomic E-state index is 0.502. The third kappa shape index (κ3) is 2.78. The number of hydrogen-bond acceptors (Lipinski definition) is 3. The monoisotopic (exact) mass is 301 g/mol. The van der Waals surface area contributed by atoms with Crippen molar-refractivity contribution in [1.82, 2.24) is 9.88 Å². The van der Waals surface area contributed by atoms with E-state index in [1.54, 1.807) is 6.20 Å². The largest absolute Gasteiger partial charge is 0.289 e. The third-order valence-corrected chi connectivity index (χ3v) is 4.99. The van der Waals surface area contributed by atoms with Crippen molar-refractivity contribution in [3.8, 4) is 6.07 Å². The van der Waals surface area contributed by atoms with Crippen LogP contribution in [0.25, 0.3) is 5.57 Å². The molecule has 1 aromatic heterocycles. The van der Waals surface area contributed by atoms with Crippen LogP contribution in [0.5, 0.6) is 0 Å². The van der Waals surface area contributed by atoms with Crippen molar-refractivity contribution in [1.29, 1.82) is 5.26 Å². The molecule has 2 aliphatic rings. The Morgan fingerprint density at radius 1 is 1.17 bits per heavy atom. The lowest BCUT2D eigenvalue weighted by Crippen LogP contribution is -2.37. The number of hydrogen-bond donors (Lipinski definition) is 0. The van der Waals surface area contributed by atoms with Crippen LogP contribution in [0.1, 0.15) is 36.1 Å². The van der Waals surface area contributed by atoms with E-state index in [1.165, 1.54) is 24.0 Å². The number of nitriles is 1. The van der Waals surface area contributed by atoms with Gasteiger partial charge in [-0.2, -0.15) is 5.26 Å². The van der Waals surface area contributed by atoms with Gasteiger partial charge in [-0.05, 0) is 48.1 Å². The van der Waals surface area contributed by atoms with Crippen molar-refractivity contribution in [3.63, 3.8) is 0 Å². The zero-order valence-electron chi connectivity index (χ0n) is 13.0. The summed E-state index contributed by atoms with van der Waals surface area (Å²) in [5.74, 6) is 0. The first-order valence-corrected chi connectivity index (χ1v) is 8.20. The Morgan fingerprint density at radius 2 is 2.04 bits per heavy atom. The molecule has 2 aliphatic heterocycles. The first-order chi connectivity index (χ1) is 11.3. The standard InChI is InChI=1S/C20H19N3/c21-13-18-10-16(8-9-22-18)17-11-19-6-7-20(12-17)23(19)14-15-4-2-1-3-5-15/h1-5,8-11,19-20H,6-7,12,14H2. The van der Waals surface area contributed by atoms with Crippen LogP contribution in [-0.2, 0) is 6.54 Å². The second kappa shape index (κ2) is 5.98. The van der Waals surface area contributed by atoms with Gasteiger partial charge in [-0.3, -0.25) is 4.90 Å². The second-order valence-corrected chi connectivity index (χ2v) is 6.39. The summed E-state index contributed by atoms with van der Waals surface area (Å²) in [6, 6.07) is 17.9. The van der Waals surface area contributed by atoms with Crippen LogP contribution in [0.3, 0.4) is 0 Å². The molecule has 1 saturated heterocycles. The maximum absolute atomic E-state index is 9.04. The molecular formula is C20H19N3. The van der Waals surface area contributed by atoms with Crippen molar-refractivity contribution in [2.24, 2.45) is 0 Å². The van der Waals surface area contributed by atoms with E-state index >= 15 is 0 Å². The van der Waals surface area contributed by atoms with E-state index in [0.29, 0.717) is 17.8 Å². The number of aromatic nitrogens is 1. The fourth-order valence-electron chi connectivity index (χ4n) is 3.86. The van der Waals surface area contributed by atoms with Gasteiger partial charge in [0.25, 0.3) is 0 Å². The molecule has 2 bridgehead atoms. The average molecular weight is 301 g/mol. The molecule has 0 spiro atoms. The first-order valence-electron chi connectivity index (χ1n) is 8.20. The van der Waals surface area contributed by atoms with Crippen LogP contribution < -0.4 is 0 Å². The fourth-order valence-corrected chi connectivity index (χ4v) is 3.86. The molecule has 3 nitrogen and oxygen atoms in total.